The molecule has 0 atom stereocenters. The summed E-state index contributed by atoms with van der Waals surface area (Å²) in [5.41, 5.74) is 2.42. The van der Waals surface area contributed by atoms with Crippen molar-refractivity contribution in [1.82, 2.24) is 24.3 Å². The molecule has 0 N–H and O–H groups in total. The third-order valence-electron chi connectivity index (χ3n) is 5.39. The average Bonchev–Trinajstić information content (AvgIpc) is 2.81. The van der Waals surface area contributed by atoms with Gasteiger partial charge in [-0.05, 0) is 12.1 Å². The summed E-state index contributed by atoms with van der Waals surface area (Å²) in [6.07, 6.45) is 5.67. The summed E-state index contributed by atoms with van der Waals surface area (Å²) in [6.45, 7) is 3.98. The highest BCUT2D eigenvalue weighted by Gasteiger charge is 2.21. The van der Waals surface area contributed by atoms with Crippen molar-refractivity contribution in [3.8, 4) is 11.3 Å². The molecule has 0 saturated carbocycles. The van der Waals surface area contributed by atoms with Crippen molar-refractivity contribution < 1.29 is 4.79 Å². The predicted molar refractivity (Wildman–Crippen MR) is 115 cm³/mol. The van der Waals surface area contributed by atoms with Crippen molar-refractivity contribution in [2.24, 2.45) is 0 Å². The molecule has 1 aromatic carbocycles. The maximum Gasteiger partial charge on any atom is 0.269 e. The number of carbonyl (C=O) groups excluding carboxylic acids is 1. The van der Waals surface area contributed by atoms with E-state index in [9.17, 15) is 9.59 Å². The number of hydrogen-bond donors (Lipinski definition) is 0. The minimum atomic E-state index is -0.267. The molecule has 0 unspecified atom stereocenters. The molecular weight excluding hydrogens is 378 g/mol. The quantitative estimate of drug-likeness (QED) is 0.626. The van der Waals surface area contributed by atoms with E-state index < -0.39 is 0 Å². The van der Waals surface area contributed by atoms with E-state index in [1.165, 1.54) is 10.8 Å². The highest BCUT2D eigenvalue weighted by molar-refractivity contribution is 5.76. The van der Waals surface area contributed by atoms with Crippen molar-refractivity contribution in [2.45, 2.75) is 13.0 Å². The van der Waals surface area contributed by atoms with E-state index in [4.69, 9.17) is 0 Å². The van der Waals surface area contributed by atoms with Crippen LogP contribution < -0.4 is 5.56 Å². The summed E-state index contributed by atoms with van der Waals surface area (Å²) in [5, 5.41) is 0. The summed E-state index contributed by atoms with van der Waals surface area (Å²) in [6, 6.07) is 15.6. The maximum absolute atomic E-state index is 12.8. The first kappa shape index (κ1) is 20.0. The van der Waals surface area contributed by atoms with E-state index in [2.05, 4.69) is 14.9 Å². The highest BCUT2D eigenvalue weighted by atomic mass is 16.2. The number of aromatic nitrogens is 3. The molecule has 1 fully saturated rings. The van der Waals surface area contributed by atoms with Gasteiger partial charge in [-0.2, -0.15) is 0 Å². The molecule has 0 spiro atoms. The molecule has 1 aliphatic rings. The van der Waals surface area contributed by atoms with Gasteiger partial charge in [0.25, 0.3) is 5.56 Å². The first-order valence-electron chi connectivity index (χ1n) is 10.2. The molecule has 0 radical (unpaired) electrons. The summed E-state index contributed by atoms with van der Waals surface area (Å²) in [4.78, 5) is 37.7. The van der Waals surface area contributed by atoms with Crippen LogP contribution in [0.3, 0.4) is 0 Å². The molecule has 1 saturated heterocycles. The van der Waals surface area contributed by atoms with Crippen molar-refractivity contribution in [3.05, 3.63) is 83.2 Å². The first-order valence-corrected chi connectivity index (χ1v) is 10.2. The van der Waals surface area contributed by atoms with Gasteiger partial charge in [0, 0.05) is 62.8 Å². The Morgan fingerprint density at radius 2 is 1.70 bits per heavy atom. The van der Waals surface area contributed by atoms with Crippen LogP contribution in [0.1, 0.15) is 5.69 Å². The van der Waals surface area contributed by atoms with Gasteiger partial charge in [0.05, 0.1) is 11.9 Å². The Morgan fingerprint density at radius 1 is 0.933 bits per heavy atom. The van der Waals surface area contributed by atoms with Crippen LogP contribution >= 0.6 is 0 Å². The number of carbonyl (C=O) groups is 1. The maximum atomic E-state index is 12.8. The lowest BCUT2D eigenvalue weighted by Gasteiger charge is -2.34. The van der Waals surface area contributed by atoms with Crippen LogP contribution in [0.2, 0.25) is 0 Å². The number of nitrogens with zero attached hydrogens (tertiary/aromatic N) is 5. The van der Waals surface area contributed by atoms with Gasteiger partial charge in [-0.3, -0.25) is 19.5 Å². The molecule has 1 aliphatic heterocycles. The van der Waals surface area contributed by atoms with Gasteiger partial charge in [-0.25, -0.2) is 4.98 Å². The summed E-state index contributed by atoms with van der Waals surface area (Å²) in [5.74, 6) is -0.0355. The molecular formula is C23H25N5O2. The lowest BCUT2D eigenvalue weighted by Crippen LogP contribution is -2.50. The zero-order valence-corrected chi connectivity index (χ0v) is 16.9. The van der Waals surface area contributed by atoms with Gasteiger partial charge in [0.1, 0.15) is 6.54 Å². The van der Waals surface area contributed by atoms with E-state index in [-0.39, 0.29) is 18.0 Å². The molecule has 7 nitrogen and oxygen atoms in total. The molecule has 7 heteroatoms. The molecule has 0 bridgehead atoms. The topological polar surface area (TPSA) is 71.3 Å². The Morgan fingerprint density at radius 3 is 2.43 bits per heavy atom. The smallest absolute Gasteiger partial charge is 0.269 e. The summed E-state index contributed by atoms with van der Waals surface area (Å²) < 4.78 is 1.45. The second kappa shape index (κ2) is 9.45. The minimum Gasteiger partial charge on any atom is -0.339 e. The zero-order valence-electron chi connectivity index (χ0n) is 16.9. The molecule has 3 aromatic rings. The van der Waals surface area contributed by atoms with Crippen molar-refractivity contribution in [3.63, 3.8) is 0 Å². The van der Waals surface area contributed by atoms with Crippen molar-refractivity contribution in [2.75, 3.05) is 32.7 Å². The minimum absolute atomic E-state index is 0.0355. The van der Waals surface area contributed by atoms with Crippen LogP contribution in [0.4, 0.5) is 0 Å². The van der Waals surface area contributed by atoms with Crippen molar-refractivity contribution >= 4 is 5.91 Å². The van der Waals surface area contributed by atoms with Crippen LogP contribution in [0.25, 0.3) is 11.3 Å². The second-order valence-electron chi connectivity index (χ2n) is 7.40. The number of pyridine rings is 1. The highest BCUT2D eigenvalue weighted by Crippen LogP contribution is 2.14. The Balaban J connectivity index is 1.32. The number of hydrogen-bond acceptors (Lipinski definition) is 5. The van der Waals surface area contributed by atoms with Crippen LogP contribution in [0.5, 0.6) is 0 Å². The SMILES string of the molecule is O=C(Cn1cc(-c2ccccc2)ncc1=O)N1CCN(CCc2ccccn2)CC1. The average molecular weight is 403 g/mol. The fourth-order valence-electron chi connectivity index (χ4n) is 3.61. The van der Waals surface area contributed by atoms with E-state index in [0.717, 1.165) is 37.3 Å². The fraction of sp³-hybridized carbons (Fsp3) is 0.304. The van der Waals surface area contributed by atoms with Gasteiger partial charge in [-0.1, -0.05) is 36.4 Å². The second-order valence-corrected chi connectivity index (χ2v) is 7.40. The Labute approximate surface area is 175 Å². The standard InChI is InChI=1S/C23H25N5O2/c29-22-16-25-21(19-6-2-1-3-7-19)17-28(22)18-23(30)27-14-12-26(13-15-27)11-9-20-8-4-5-10-24-20/h1-8,10,16-17H,9,11-15,18H2. The molecule has 4 rings (SSSR count). The third-order valence-corrected chi connectivity index (χ3v) is 5.39. The summed E-state index contributed by atoms with van der Waals surface area (Å²) >= 11 is 0. The van der Waals surface area contributed by atoms with Gasteiger partial charge in [0.2, 0.25) is 5.91 Å². The predicted octanol–water partition coefficient (Wildman–Crippen LogP) is 1.69. The van der Waals surface area contributed by atoms with Crippen molar-refractivity contribution in [1.29, 1.82) is 0 Å². The van der Waals surface area contributed by atoms with E-state index in [1.54, 1.807) is 6.20 Å². The fourth-order valence-corrected chi connectivity index (χ4v) is 3.61. The van der Waals surface area contributed by atoms with E-state index in [1.807, 2.05) is 59.6 Å². The zero-order chi connectivity index (χ0) is 20.8. The largest absolute Gasteiger partial charge is 0.339 e. The molecule has 1 amide bonds. The molecule has 0 aliphatic carbocycles. The normalized spacial score (nSPS) is 14.6. The Hall–Kier alpha value is -3.32. The van der Waals surface area contributed by atoms with Crippen LogP contribution in [-0.4, -0.2) is 63.0 Å². The first-order chi connectivity index (χ1) is 14.7. The monoisotopic (exact) mass is 403 g/mol. The van der Waals surface area contributed by atoms with Crippen LogP contribution in [0.15, 0.2) is 71.9 Å². The third kappa shape index (κ3) is 4.99. The van der Waals surface area contributed by atoms with E-state index >= 15 is 0 Å². The van der Waals surface area contributed by atoms with Gasteiger partial charge < -0.3 is 9.47 Å². The molecule has 154 valence electrons. The number of rotatable bonds is 6. The van der Waals surface area contributed by atoms with Gasteiger partial charge in [-0.15, -0.1) is 0 Å². The van der Waals surface area contributed by atoms with Gasteiger partial charge >= 0.3 is 0 Å². The molecule has 2 aromatic heterocycles. The number of amides is 1. The summed E-state index contributed by atoms with van der Waals surface area (Å²) in [7, 11) is 0. The van der Waals surface area contributed by atoms with Crippen LogP contribution in [0, 0.1) is 0 Å². The number of piperazine rings is 1. The number of benzene rings is 1. The molecule has 3 heterocycles. The van der Waals surface area contributed by atoms with E-state index in [0.29, 0.717) is 18.8 Å². The van der Waals surface area contributed by atoms with Crippen LogP contribution in [-0.2, 0) is 17.8 Å². The molecule has 30 heavy (non-hydrogen) atoms. The van der Waals surface area contributed by atoms with Gasteiger partial charge in [0.15, 0.2) is 0 Å². The Bertz CT molecular complexity index is 1030. The lowest BCUT2D eigenvalue weighted by molar-refractivity contribution is -0.133. The lowest BCUT2D eigenvalue weighted by atomic mass is 10.2. The Kier molecular flexibility index (Phi) is 6.29.